The molecule has 6 bridgehead atoms. The van der Waals surface area contributed by atoms with Crippen LogP contribution in [0, 0.1) is 120 Å². The number of aliphatic hydroxyl groups excluding tert-OH is 3. The van der Waals surface area contributed by atoms with Crippen LogP contribution in [0.15, 0.2) is 0 Å². The Bertz CT molecular complexity index is 968. The Balaban J connectivity index is 0.000000368. The van der Waals surface area contributed by atoms with Crippen molar-refractivity contribution in [2.24, 2.45) is 0 Å². The van der Waals surface area contributed by atoms with Crippen LogP contribution in [0.1, 0.15) is 26.7 Å². The van der Waals surface area contributed by atoms with E-state index in [1.807, 2.05) is 13.6 Å². The number of fused-ring (bicyclic) bond motifs is 6. The first-order valence-corrected chi connectivity index (χ1v) is 17.1. The van der Waals surface area contributed by atoms with Gasteiger partial charge in [-0.05, 0) is 31.2 Å². The molecule has 13 atom stereocenters. The van der Waals surface area contributed by atoms with E-state index in [-0.39, 0.29) is 130 Å². The van der Waals surface area contributed by atoms with Crippen LogP contribution in [0.3, 0.4) is 0 Å². The summed E-state index contributed by atoms with van der Waals surface area (Å²) < 4.78 is 60.1. The smallest absolute Gasteiger partial charge is 0.238 e. The predicted molar refractivity (Wildman–Crippen MR) is 161 cm³/mol. The van der Waals surface area contributed by atoms with Gasteiger partial charge in [0.15, 0.2) is 8.38 Å². The molecule has 0 amide bonds. The second-order valence-corrected chi connectivity index (χ2v) is 13.0. The molecular weight excluding hydrogens is 1340 g/mol. The Morgan fingerprint density at radius 3 is 1.61 bits per heavy atom. The van der Waals surface area contributed by atoms with E-state index in [1.165, 1.54) is 13.7 Å². The first-order valence-electron chi connectivity index (χ1n) is 15.5. The van der Waals surface area contributed by atoms with Crippen LogP contribution in [-0.4, -0.2) is 155 Å². The van der Waals surface area contributed by atoms with Crippen LogP contribution < -0.4 is 0 Å². The third kappa shape index (κ3) is 10.3. The second kappa shape index (κ2) is 22.9. The van der Waals surface area contributed by atoms with Gasteiger partial charge in [-0.3, -0.25) is 0 Å². The summed E-state index contributed by atoms with van der Waals surface area (Å²) in [6.07, 6.45) is -1.55. The SMILES string of the molecule is CC[C@]12O[CH-][C@H](O[C@H]1COC)[C@@H]2O.COC[C@@H]1O[C@H]2[CH-]O[C@]1(CO)[C@H]2O.[C-]#[N+]CCOP(C)O[C@H]1[C@@H]2[CH-]O[C@@]1(CC)[C@H](COC)O2.[U].[U].[U]. The molecule has 0 aliphatic carbocycles. The molecule has 0 aromatic carbocycles. The Hall–Kier alpha value is 2.52. The molecular formula is C30H49NO14PU3-3. The number of hydrogen-bond acceptors (Lipinski definition) is 14. The molecule has 278 valence electrons. The van der Waals surface area contributed by atoms with Crippen molar-refractivity contribution >= 4 is 8.38 Å². The van der Waals surface area contributed by atoms with Crippen molar-refractivity contribution in [3.05, 3.63) is 31.2 Å². The van der Waals surface area contributed by atoms with E-state index < -0.39 is 49.6 Å². The quantitative estimate of drug-likeness (QED) is 0.127. The van der Waals surface area contributed by atoms with Gasteiger partial charge in [-0.1, -0.05) is 13.8 Å². The first kappa shape index (κ1) is 49.5. The van der Waals surface area contributed by atoms with Crippen molar-refractivity contribution in [3.8, 4) is 0 Å². The Kier molecular flexibility index (Phi) is 23.2. The van der Waals surface area contributed by atoms with Crippen LogP contribution in [-0.2, 0) is 51.7 Å². The van der Waals surface area contributed by atoms with Gasteiger partial charge < -0.3 is 71.8 Å². The van der Waals surface area contributed by atoms with Gasteiger partial charge in [0, 0.05) is 121 Å². The summed E-state index contributed by atoms with van der Waals surface area (Å²) in [7, 11) is 3.76. The summed E-state index contributed by atoms with van der Waals surface area (Å²) in [5.41, 5.74) is -2.07. The maximum absolute atomic E-state index is 9.84. The van der Waals surface area contributed by atoms with Crippen molar-refractivity contribution in [2.45, 2.75) is 98.4 Å². The van der Waals surface area contributed by atoms with Crippen molar-refractivity contribution in [3.63, 3.8) is 0 Å². The van der Waals surface area contributed by atoms with E-state index in [0.29, 0.717) is 33.0 Å². The summed E-state index contributed by atoms with van der Waals surface area (Å²) in [6, 6.07) is 0. The van der Waals surface area contributed by atoms with Crippen LogP contribution >= 0.6 is 8.38 Å². The molecule has 6 fully saturated rings. The fourth-order valence-corrected chi connectivity index (χ4v) is 7.70. The molecule has 6 rings (SSSR count). The summed E-state index contributed by atoms with van der Waals surface area (Å²) in [5.74, 6) is 0. The summed E-state index contributed by atoms with van der Waals surface area (Å²) in [6.45, 7) is 19.1. The van der Waals surface area contributed by atoms with Crippen molar-refractivity contribution in [1.29, 1.82) is 0 Å². The minimum absolute atomic E-state index is 0. The van der Waals surface area contributed by atoms with Gasteiger partial charge in [-0.2, -0.15) is 19.8 Å². The third-order valence-electron chi connectivity index (χ3n) is 9.31. The van der Waals surface area contributed by atoms with Gasteiger partial charge in [-0.15, -0.1) is 0 Å². The zero-order valence-electron chi connectivity index (χ0n) is 28.8. The number of nitrogens with zero attached hydrogens (tertiary/aromatic N) is 1. The molecule has 3 N–H and O–H groups in total. The number of ether oxygens (including phenoxy) is 9. The third-order valence-corrected chi connectivity index (χ3v) is 10.4. The first-order chi connectivity index (χ1) is 22.2. The number of aliphatic hydroxyl groups is 3. The Labute approximate surface area is 362 Å². The predicted octanol–water partition coefficient (Wildman–Crippen LogP) is 0.790. The summed E-state index contributed by atoms with van der Waals surface area (Å²) in [5, 5.41) is 28.7. The molecule has 0 saturated carbocycles. The number of methoxy groups -OCH3 is 3. The Morgan fingerprint density at radius 1 is 0.735 bits per heavy atom. The molecule has 0 radical (unpaired) electrons. The molecule has 6 aliphatic heterocycles. The van der Waals surface area contributed by atoms with Gasteiger partial charge in [-0.25, -0.2) is 6.57 Å². The summed E-state index contributed by atoms with van der Waals surface area (Å²) in [4.78, 5) is 3.26. The van der Waals surface area contributed by atoms with Gasteiger partial charge in [0.25, 0.3) is 0 Å². The molecule has 6 aliphatic rings. The fraction of sp³-hybridized carbons (Fsp3) is 0.867. The molecule has 0 aromatic heterocycles. The minimum Gasteiger partial charge on any atom is -0.541 e. The molecule has 19 heteroatoms. The van der Waals surface area contributed by atoms with Crippen molar-refractivity contribution in [1.82, 2.24) is 0 Å². The van der Waals surface area contributed by atoms with Crippen LogP contribution in [0.2, 0.25) is 0 Å². The Morgan fingerprint density at radius 2 is 1.16 bits per heavy atom. The standard InChI is InChI=1S/C13H21NO5P.C9H15O4.C8H13O5.3U/c1-5-13-11(9-15-3)18-10(8-16-13)12(13)19-20(4)17-7-6-14-2;1-3-9-7(5-11-2)13-6(4-12-9)8(9)10;1-11-3-6-8(4-9)7(10)5(13-6)2-12-8;;;/h8,10-12H,5-7,9H2,1,3-4H3;4,6-8,10H,3,5H2,1-2H3;2,5-7,9-10H,3-4H2,1H3;;;/q3*-1;;;/t10-,11-,12-,13-,20?;6-,7-,8-,9-;5-,6-,7-,8-;;;/m000.../s1. The van der Waals surface area contributed by atoms with E-state index in [2.05, 4.69) is 11.8 Å². The van der Waals surface area contributed by atoms with E-state index in [1.54, 1.807) is 27.4 Å². The molecule has 15 nitrogen and oxygen atoms in total. The molecule has 0 spiro atoms. The van der Waals surface area contributed by atoms with E-state index in [9.17, 15) is 15.3 Å². The van der Waals surface area contributed by atoms with Crippen molar-refractivity contribution in [2.75, 3.05) is 67.6 Å². The fourth-order valence-electron chi connectivity index (χ4n) is 6.68. The maximum atomic E-state index is 9.84. The van der Waals surface area contributed by atoms with Gasteiger partial charge in [0.2, 0.25) is 6.54 Å². The van der Waals surface area contributed by atoms with Crippen LogP contribution in [0.25, 0.3) is 4.85 Å². The number of rotatable bonds is 14. The van der Waals surface area contributed by atoms with E-state index >= 15 is 0 Å². The van der Waals surface area contributed by atoms with Gasteiger partial charge in [0.05, 0.1) is 55.9 Å². The average Bonchev–Trinajstić information content (AvgIpc) is 3.86. The number of hydrogen-bond donors (Lipinski definition) is 3. The van der Waals surface area contributed by atoms with E-state index in [0.717, 1.165) is 12.8 Å². The normalized spacial score (nSPS) is 40.9. The van der Waals surface area contributed by atoms with Gasteiger partial charge in [0.1, 0.15) is 30.5 Å². The molecule has 6 heterocycles. The second-order valence-electron chi connectivity index (χ2n) is 11.7. The zero-order chi connectivity index (χ0) is 33.5. The van der Waals surface area contributed by atoms with E-state index in [4.69, 9.17) is 58.3 Å². The molecule has 6 saturated heterocycles. The van der Waals surface area contributed by atoms with Crippen molar-refractivity contribution < 1.29 is 160 Å². The molecule has 49 heavy (non-hydrogen) atoms. The van der Waals surface area contributed by atoms with Crippen LogP contribution in [0.5, 0.6) is 0 Å². The molecule has 0 aromatic rings. The largest absolute Gasteiger partial charge is 0.541 e. The summed E-state index contributed by atoms with van der Waals surface area (Å²) >= 11 is 0. The maximum Gasteiger partial charge on any atom is 0.238 e. The topological polar surface area (TPSA) is 167 Å². The van der Waals surface area contributed by atoms with Crippen LogP contribution in [0.4, 0.5) is 0 Å². The zero-order valence-corrected chi connectivity index (χ0v) is 42.2. The minimum atomic E-state index is -1.05. The molecule has 1 unspecified atom stereocenters. The van der Waals surface area contributed by atoms with Gasteiger partial charge >= 0.3 is 0 Å². The average molecular weight is 1390 g/mol. The monoisotopic (exact) mass is 1390 g/mol.